The first-order valence-corrected chi connectivity index (χ1v) is 6.24. The van der Waals surface area contributed by atoms with Crippen molar-refractivity contribution >= 4 is 11.6 Å². The molecule has 0 aromatic heterocycles. The number of methoxy groups -OCH3 is 1. The molecule has 0 aliphatic carbocycles. The summed E-state index contributed by atoms with van der Waals surface area (Å²) in [6.45, 7) is 1.83. The quantitative estimate of drug-likeness (QED) is 0.906. The van der Waals surface area contributed by atoms with E-state index in [0.717, 1.165) is 5.56 Å². The zero-order valence-electron chi connectivity index (χ0n) is 11.7. The average molecular weight is 282 g/mol. The number of nitriles is 1. The van der Waals surface area contributed by atoms with Gasteiger partial charge in [0, 0.05) is 6.07 Å². The summed E-state index contributed by atoms with van der Waals surface area (Å²) in [4.78, 5) is 12.2. The van der Waals surface area contributed by atoms with Crippen LogP contribution in [-0.2, 0) is 0 Å². The van der Waals surface area contributed by atoms with E-state index in [-0.39, 0.29) is 11.3 Å². The number of aryl methyl sites for hydroxylation is 1. The fourth-order valence-corrected chi connectivity index (χ4v) is 1.89. The summed E-state index contributed by atoms with van der Waals surface area (Å²) < 4.78 is 5.15. The summed E-state index contributed by atoms with van der Waals surface area (Å²) >= 11 is 0. The second kappa shape index (κ2) is 5.97. The van der Waals surface area contributed by atoms with E-state index >= 15 is 0 Å². The van der Waals surface area contributed by atoms with Gasteiger partial charge in [0.1, 0.15) is 11.5 Å². The minimum absolute atomic E-state index is 0.0919. The van der Waals surface area contributed by atoms with Gasteiger partial charge in [0.25, 0.3) is 5.91 Å². The summed E-state index contributed by atoms with van der Waals surface area (Å²) in [6, 6.07) is 11.5. The van der Waals surface area contributed by atoms with Crippen LogP contribution in [-0.4, -0.2) is 18.1 Å². The van der Waals surface area contributed by atoms with Crippen molar-refractivity contribution in [2.24, 2.45) is 0 Å². The fraction of sp³-hybridized carbons (Fsp3) is 0.125. The highest BCUT2D eigenvalue weighted by Gasteiger charge is 2.14. The number of ether oxygens (including phenoxy) is 1. The summed E-state index contributed by atoms with van der Waals surface area (Å²) in [7, 11) is 1.45. The smallest absolute Gasteiger partial charge is 0.259 e. The molecule has 2 aromatic carbocycles. The van der Waals surface area contributed by atoms with Gasteiger partial charge in [-0.2, -0.15) is 5.26 Å². The highest BCUT2D eigenvalue weighted by molar-refractivity contribution is 6.06. The molecule has 0 radical (unpaired) electrons. The number of anilines is 1. The summed E-state index contributed by atoms with van der Waals surface area (Å²) in [5.41, 5.74) is 1.91. The van der Waals surface area contributed by atoms with Gasteiger partial charge in [0.05, 0.1) is 30.0 Å². The molecule has 0 unspecified atom stereocenters. The van der Waals surface area contributed by atoms with Crippen LogP contribution in [0.5, 0.6) is 11.5 Å². The molecule has 0 aliphatic heterocycles. The number of hydrogen-bond donors (Lipinski definition) is 2. The van der Waals surface area contributed by atoms with Crippen molar-refractivity contribution in [1.29, 1.82) is 5.26 Å². The Morgan fingerprint density at radius 1 is 1.29 bits per heavy atom. The third-order valence-electron chi connectivity index (χ3n) is 2.98. The van der Waals surface area contributed by atoms with Crippen molar-refractivity contribution in [3.8, 4) is 17.6 Å². The molecule has 2 rings (SSSR count). The predicted molar refractivity (Wildman–Crippen MR) is 78.5 cm³/mol. The van der Waals surface area contributed by atoms with Crippen molar-refractivity contribution in [3.63, 3.8) is 0 Å². The Kier molecular flexibility index (Phi) is 4.10. The number of benzene rings is 2. The van der Waals surface area contributed by atoms with Gasteiger partial charge < -0.3 is 15.2 Å². The van der Waals surface area contributed by atoms with Crippen molar-refractivity contribution in [2.45, 2.75) is 6.92 Å². The van der Waals surface area contributed by atoms with E-state index in [4.69, 9.17) is 10.00 Å². The molecule has 1 amide bonds. The number of nitrogens with zero attached hydrogens (tertiary/aromatic N) is 1. The largest absolute Gasteiger partial charge is 0.507 e. The lowest BCUT2D eigenvalue weighted by molar-refractivity contribution is 0.102. The Balaban J connectivity index is 2.32. The highest BCUT2D eigenvalue weighted by atomic mass is 16.5. The molecule has 0 atom stereocenters. The van der Waals surface area contributed by atoms with Crippen molar-refractivity contribution in [2.75, 3.05) is 12.4 Å². The van der Waals surface area contributed by atoms with Gasteiger partial charge in [0.15, 0.2) is 0 Å². The van der Waals surface area contributed by atoms with Crippen LogP contribution in [0.25, 0.3) is 0 Å². The van der Waals surface area contributed by atoms with Crippen LogP contribution >= 0.6 is 0 Å². The van der Waals surface area contributed by atoms with Crippen LogP contribution in [0.4, 0.5) is 5.69 Å². The summed E-state index contributed by atoms with van der Waals surface area (Å²) in [5.74, 6) is -0.153. The number of aromatic hydroxyl groups is 1. The Labute approximate surface area is 122 Å². The Hall–Kier alpha value is -3.00. The average Bonchev–Trinajstić information content (AvgIpc) is 2.49. The molecule has 5 heteroatoms. The van der Waals surface area contributed by atoms with Crippen LogP contribution < -0.4 is 10.1 Å². The van der Waals surface area contributed by atoms with Crippen molar-refractivity contribution in [1.82, 2.24) is 0 Å². The van der Waals surface area contributed by atoms with E-state index in [2.05, 4.69) is 5.32 Å². The lowest BCUT2D eigenvalue weighted by atomic mass is 10.1. The lowest BCUT2D eigenvalue weighted by Crippen LogP contribution is -2.13. The molecule has 0 fully saturated rings. The normalized spacial score (nSPS) is 9.76. The molecule has 106 valence electrons. The minimum Gasteiger partial charge on any atom is -0.507 e. The summed E-state index contributed by atoms with van der Waals surface area (Å²) in [5, 5.41) is 21.3. The number of phenols is 1. The molecule has 0 spiro atoms. The number of rotatable bonds is 3. The van der Waals surface area contributed by atoms with Gasteiger partial charge in [-0.3, -0.25) is 4.79 Å². The zero-order chi connectivity index (χ0) is 15.4. The third-order valence-corrected chi connectivity index (χ3v) is 2.98. The molecule has 0 bridgehead atoms. The number of nitrogens with one attached hydrogen (secondary N) is 1. The molecule has 0 saturated heterocycles. The Bertz CT molecular complexity index is 733. The van der Waals surface area contributed by atoms with Gasteiger partial charge in [-0.15, -0.1) is 0 Å². The number of carbonyl (C=O) groups is 1. The Morgan fingerprint density at radius 2 is 2.05 bits per heavy atom. The first kappa shape index (κ1) is 14.4. The lowest BCUT2D eigenvalue weighted by Gasteiger charge is -2.11. The van der Waals surface area contributed by atoms with Crippen LogP contribution in [0.15, 0.2) is 36.4 Å². The highest BCUT2D eigenvalue weighted by Crippen LogP contribution is 2.27. The van der Waals surface area contributed by atoms with E-state index in [1.807, 2.05) is 13.0 Å². The SMILES string of the molecule is COc1cc(C#N)ccc1NC(=O)c1cc(C)ccc1O. The van der Waals surface area contributed by atoms with E-state index in [0.29, 0.717) is 17.0 Å². The van der Waals surface area contributed by atoms with Gasteiger partial charge in [-0.25, -0.2) is 0 Å². The van der Waals surface area contributed by atoms with E-state index in [1.54, 1.807) is 24.3 Å². The maximum absolute atomic E-state index is 12.2. The predicted octanol–water partition coefficient (Wildman–Crippen LogP) is 2.83. The van der Waals surface area contributed by atoms with Gasteiger partial charge >= 0.3 is 0 Å². The maximum Gasteiger partial charge on any atom is 0.259 e. The van der Waals surface area contributed by atoms with Gasteiger partial charge in [-0.05, 0) is 31.2 Å². The number of phenolic OH excluding ortho intramolecular Hbond substituents is 1. The Morgan fingerprint density at radius 3 is 2.71 bits per heavy atom. The van der Waals surface area contributed by atoms with Crippen LogP contribution in [0.1, 0.15) is 21.5 Å². The molecule has 0 heterocycles. The number of carbonyl (C=O) groups excluding carboxylic acids is 1. The summed E-state index contributed by atoms with van der Waals surface area (Å²) in [6.07, 6.45) is 0. The van der Waals surface area contributed by atoms with Crippen molar-refractivity contribution in [3.05, 3.63) is 53.1 Å². The molecular formula is C16H14N2O3. The number of amides is 1. The second-order valence-electron chi connectivity index (χ2n) is 4.50. The molecule has 5 nitrogen and oxygen atoms in total. The third kappa shape index (κ3) is 3.12. The standard InChI is InChI=1S/C16H14N2O3/c1-10-3-6-14(19)12(7-10)16(20)18-13-5-4-11(9-17)8-15(13)21-2/h3-8,19H,1-2H3,(H,18,20). The first-order chi connectivity index (χ1) is 10.0. The van der Waals surface area contributed by atoms with E-state index < -0.39 is 5.91 Å². The minimum atomic E-state index is -0.445. The molecular weight excluding hydrogens is 268 g/mol. The molecule has 2 aromatic rings. The molecule has 2 N–H and O–H groups in total. The van der Waals surface area contributed by atoms with Crippen LogP contribution in [0.3, 0.4) is 0 Å². The first-order valence-electron chi connectivity index (χ1n) is 6.24. The van der Waals surface area contributed by atoms with E-state index in [9.17, 15) is 9.90 Å². The molecule has 21 heavy (non-hydrogen) atoms. The van der Waals surface area contributed by atoms with E-state index in [1.165, 1.54) is 19.2 Å². The van der Waals surface area contributed by atoms with Gasteiger partial charge in [-0.1, -0.05) is 11.6 Å². The van der Waals surface area contributed by atoms with Gasteiger partial charge in [0.2, 0.25) is 0 Å². The molecule has 0 aliphatic rings. The van der Waals surface area contributed by atoms with Crippen LogP contribution in [0, 0.1) is 18.3 Å². The molecule has 0 saturated carbocycles. The number of hydrogen-bond acceptors (Lipinski definition) is 4. The zero-order valence-corrected chi connectivity index (χ0v) is 11.7. The monoisotopic (exact) mass is 282 g/mol. The topological polar surface area (TPSA) is 82.3 Å². The second-order valence-corrected chi connectivity index (χ2v) is 4.50. The van der Waals surface area contributed by atoms with Crippen LogP contribution in [0.2, 0.25) is 0 Å². The maximum atomic E-state index is 12.2. The fourth-order valence-electron chi connectivity index (χ4n) is 1.89. The van der Waals surface area contributed by atoms with Crippen molar-refractivity contribution < 1.29 is 14.6 Å².